The number of hydrogen-bond donors (Lipinski definition) is 2. The standard InChI is InChI=1S/C8H12F3N3O5S/c1-20(17,18)14-3-2-5(4-14)12-7(16)13-19-6(15)8(9,10)11/h5H,2-4H2,1H3,(H2,12,13,16)/t5-/m1/s1. The first-order valence-electron chi connectivity index (χ1n) is 5.30. The van der Waals surface area contributed by atoms with Crippen molar-refractivity contribution in [1.29, 1.82) is 0 Å². The molecule has 2 amide bonds. The number of amides is 2. The summed E-state index contributed by atoms with van der Waals surface area (Å²) in [5.41, 5.74) is 1.28. The van der Waals surface area contributed by atoms with Crippen LogP contribution in [0.25, 0.3) is 0 Å². The maximum atomic E-state index is 11.8. The summed E-state index contributed by atoms with van der Waals surface area (Å²) >= 11 is 0. The maximum absolute atomic E-state index is 11.8. The van der Waals surface area contributed by atoms with Crippen LogP contribution < -0.4 is 10.8 Å². The molecule has 1 fully saturated rings. The molecule has 0 bridgehead atoms. The van der Waals surface area contributed by atoms with Crippen LogP contribution in [0.1, 0.15) is 6.42 Å². The molecule has 1 aliphatic heterocycles. The zero-order valence-electron chi connectivity index (χ0n) is 10.2. The molecule has 0 spiro atoms. The number of carbonyl (C=O) groups excluding carboxylic acids is 2. The van der Waals surface area contributed by atoms with Crippen molar-refractivity contribution in [3.8, 4) is 0 Å². The largest absolute Gasteiger partial charge is 0.493 e. The van der Waals surface area contributed by atoms with Crippen LogP contribution in [0.15, 0.2) is 0 Å². The molecule has 0 aromatic heterocycles. The summed E-state index contributed by atoms with van der Waals surface area (Å²) in [6.45, 7) is 0.186. The fraction of sp³-hybridized carbons (Fsp3) is 0.750. The quantitative estimate of drug-likeness (QED) is 0.658. The Hall–Kier alpha value is -1.56. The van der Waals surface area contributed by atoms with E-state index >= 15 is 0 Å². The number of rotatable bonds is 2. The first-order chi connectivity index (χ1) is 9.00. The van der Waals surface area contributed by atoms with Crippen LogP contribution in [0.4, 0.5) is 18.0 Å². The molecule has 1 atom stereocenters. The van der Waals surface area contributed by atoms with Gasteiger partial charge >= 0.3 is 18.2 Å². The second-order valence-corrected chi connectivity index (χ2v) is 6.05. The Bertz CT molecular complexity index is 492. The fourth-order valence-corrected chi connectivity index (χ4v) is 2.40. The van der Waals surface area contributed by atoms with E-state index in [1.165, 1.54) is 5.48 Å². The Labute approximate surface area is 112 Å². The van der Waals surface area contributed by atoms with E-state index in [-0.39, 0.29) is 13.1 Å². The Balaban J connectivity index is 2.36. The highest BCUT2D eigenvalue weighted by molar-refractivity contribution is 7.88. The van der Waals surface area contributed by atoms with E-state index in [1.54, 1.807) is 0 Å². The van der Waals surface area contributed by atoms with E-state index in [0.717, 1.165) is 10.6 Å². The van der Waals surface area contributed by atoms with Crippen LogP contribution in [0.5, 0.6) is 0 Å². The van der Waals surface area contributed by atoms with Crippen LogP contribution in [-0.2, 0) is 19.7 Å². The molecular formula is C8H12F3N3O5S. The number of sulfonamides is 1. The number of hydrogen-bond acceptors (Lipinski definition) is 5. The van der Waals surface area contributed by atoms with E-state index in [9.17, 15) is 31.2 Å². The third-order valence-corrected chi connectivity index (χ3v) is 3.69. The Kier molecular flexibility index (Phi) is 4.81. The molecule has 12 heteroatoms. The average Bonchev–Trinajstić information content (AvgIpc) is 2.72. The van der Waals surface area contributed by atoms with Gasteiger partial charge in [-0.3, -0.25) is 0 Å². The summed E-state index contributed by atoms with van der Waals surface area (Å²) < 4.78 is 58.8. The zero-order valence-corrected chi connectivity index (χ0v) is 11.0. The van der Waals surface area contributed by atoms with Crippen LogP contribution in [0, 0.1) is 0 Å². The third-order valence-electron chi connectivity index (χ3n) is 2.42. The second kappa shape index (κ2) is 5.83. The van der Waals surface area contributed by atoms with Gasteiger partial charge in [0.2, 0.25) is 10.0 Å². The lowest BCUT2D eigenvalue weighted by molar-refractivity contribution is -0.204. The number of urea groups is 1. The molecule has 0 aromatic rings. The van der Waals surface area contributed by atoms with Crippen LogP contribution in [-0.4, -0.2) is 56.3 Å². The van der Waals surface area contributed by atoms with Gasteiger partial charge in [0, 0.05) is 19.1 Å². The molecule has 1 heterocycles. The number of carbonyl (C=O) groups is 2. The third kappa shape index (κ3) is 4.85. The molecule has 0 aromatic carbocycles. The van der Waals surface area contributed by atoms with E-state index in [1.807, 2.05) is 0 Å². The van der Waals surface area contributed by atoms with Gasteiger partial charge < -0.3 is 10.2 Å². The van der Waals surface area contributed by atoms with Gasteiger partial charge in [-0.1, -0.05) is 0 Å². The summed E-state index contributed by atoms with van der Waals surface area (Å²) in [5.74, 6) is -2.56. The number of nitrogens with zero attached hydrogens (tertiary/aromatic N) is 1. The minimum absolute atomic E-state index is 0.000525. The van der Waals surface area contributed by atoms with Crippen molar-refractivity contribution in [2.45, 2.75) is 18.6 Å². The lowest BCUT2D eigenvalue weighted by Crippen LogP contribution is -2.45. The predicted molar refractivity (Wildman–Crippen MR) is 58.6 cm³/mol. The molecule has 2 N–H and O–H groups in total. The minimum atomic E-state index is -5.21. The van der Waals surface area contributed by atoms with Crippen LogP contribution in [0.2, 0.25) is 0 Å². The highest BCUT2D eigenvalue weighted by Crippen LogP contribution is 2.15. The van der Waals surface area contributed by atoms with Crippen molar-refractivity contribution in [1.82, 2.24) is 15.1 Å². The first-order valence-corrected chi connectivity index (χ1v) is 7.14. The van der Waals surface area contributed by atoms with Gasteiger partial charge in [-0.25, -0.2) is 22.3 Å². The van der Waals surface area contributed by atoms with Crippen LogP contribution >= 0.6 is 0 Å². The Morgan fingerprint density at radius 3 is 2.40 bits per heavy atom. The topological polar surface area (TPSA) is 105 Å². The van der Waals surface area contributed by atoms with Gasteiger partial charge in [0.05, 0.1) is 6.26 Å². The van der Waals surface area contributed by atoms with E-state index in [4.69, 9.17) is 0 Å². The van der Waals surface area contributed by atoms with Gasteiger partial charge in [-0.15, -0.1) is 0 Å². The molecule has 1 saturated heterocycles. The molecule has 8 nitrogen and oxygen atoms in total. The lowest BCUT2D eigenvalue weighted by Gasteiger charge is -2.15. The SMILES string of the molecule is CS(=O)(=O)N1CC[C@@H](NC(=O)NOC(=O)C(F)(F)F)C1. The average molecular weight is 319 g/mol. The molecule has 20 heavy (non-hydrogen) atoms. The smallest absolute Gasteiger partial charge is 0.332 e. The van der Waals surface area contributed by atoms with Crippen molar-refractivity contribution in [2.75, 3.05) is 19.3 Å². The van der Waals surface area contributed by atoms with Crippen LogP contribution in [0.3, 0.4) is 0 Å². The molecule has 0 saturated carbocycles. The molecule has 116 valence electrons. The predicted octanol–water partition coefficient (Wildman–Crippen LogP) is -0.660. The van der Waals surface area contributed by atoms with Gasteiger partial charge in [-0.2, -0.15) is 18.7 Å². The highest BCUT2D eigenvalue weighted by Gasteiger charge is 2.42. The zero-order chi connectivity index (χ0) is 15.6. The van der Waals surface area contributed by atoms with Crippen molar-refractivity contribution in [3.05, 3.63) is 0 Å². The summed E-state index contributed by atoms with van der Waals surface area (Å²) in [7, 11) is -3.39. The molecular weight excluding hydrogens is 307 g/mol. The van der Waals surface area contributed by atoms with Crippen molar-refractivity contribution in [2.24, 2.45) is 0 Å². The van der Waals surface area contributed by atoms with Gasteiger partial charge in [-0.05, 0) is 6.42 Å². The fourth-order valence-electron chi connectivity index (χ4n) is 1.51. The van der Waals surface area contributed by atoms with E-state index < -0.39 is 34.2 Å². The normalized spacial score (nSPS) is 20.5. The summed E-state index contributed by atoms with van der Waals surface area (Å²) in [6, 6.07) is -1.74. The van der Waals surface area contributed by atoms with E-state index in [0.29, 0.717) is 6.42 Å². The van der Waals surface area contributed by atoms with E-state index in [2.05, 4.69) is 10.2 Å². The number of hydroxylamine groups is 1. The van der Waals surface area contributed by atoms with Crippen molar-refractivity contribution < 1.29 is 36.0 Å². The Morgan fingerprint density at radius 1 is 1.35 bits per heavy atom. The molecule has 0 unspecified atom stereocenters. The maximum Gasteiger partial charge on any atom is 0.493 e. The summed E-state index contributed by atoms with van der Waals surface area (Å²) in [6.07, 6.45) is -3.91. The van der Waals surface area contributed by atoms with Gasteiger partial charge in [0.15, 0.2) is 0 Å². The monoisotopic (exact) mass is 319 g/mol. The lowest BCUT2D eigenvalue weighted by atomic mass is 10.3. The highest BCUT2D eigenvalue weighted by atomic mass is 32.2. The number of nitrogens with one attached hydrogen (secondary N) is 2. The minimum Gasteiger partial charge on any atom is -0.332 e. The summed E-state index contributed by atoms with van der Waals surface area (Å²) in [4.78, 5) is 25.0. The second-order valence-electron chi connectivity index (χ2n) is 4.07. The van der Waals surface area contributed by atoms with Gasteiger partial charge in [0.1, 0.15) is 0 Å². The van der Waals surface area contributed by atoms with Gasteiger partial charge in [0.25, 0.3) is 0 Å². The molecule has 1 aliphatic rings. The molecule has 1 rings (SSSR count). The summed E-state index contributed by atoms with van der Waals surface area (Å²) in [5, 5.41) is 2.19. The molecule has 0 radical (unpaired) electrons. The van der Waals surface area contributed by atoms with Crippen molar-refractivity contribution in [3.63, 3.8) is 0 Å². The Morgan fingerprint density at radius 2 is 1.95 bits per heavy atom. The number of alkyl halides is 3. The first kappa shape index (κ1) is 16.5. The molecule has 0 aliphatic carbocycles. The van der Waals surface area contributed by atoms with Crippen molar-refractivity contribution >= 4 is 22.0 Å². The number of halogens is 3.